The van der Waals surface area contributed by atoms with Gasteiger partial charge in [0, 0.05) is 5.33 Å². The maximum absolute atomic E-state index is 5.29. The first-order chi connectivity index (χ1) is 6.40. The van der Waals surface area contributed by atoms with Gasteiger partial charge < -0.3 is 9.47 Å². The van der Waals surface area contributed by atoms with Crippen LogP contribution >= 0.6 is 15.9 Å². The van der Waals surface area contributed by atoms with Crippen LogP contribution in [-0.2, 0) is 6.42 Å². The maximum atomic E-state index is 5.29. The van der Waals surface area contributed by atoms with E-state index >= 15 is 0 Å². The van der Waals surface area contributed by atoms with E-state index in [-0.39, 0.29) is 0 Å². The predicted molar refractivity (Wildman–Crippen MR) is 54.7 cm³/mol. The molecule has 2 rings (SSSR count). The Balaban J connectivity index is 2.12. The second-order valence-electron chi connectivity index (χ2n) is 2.98. The van der Waals surface area contributed by atoms with Crippen molar-refractivity contribution in [3.05, 3.63) is 23.8 Å². The van der Waals surface area contributed by atoms with E-state index < -0.39 is 0 Å². The molecule has 0 amide bonds. The fraction of sp³-hybridized carbons (Fsp3) is 0.400. The van der Waals surface area contributed by atoms with Crippen LogP contribution in [0.2, 0.25) is 0 Å². The van der Waals surface area contributed by atoms with Gasteiger partial charge in [0.05, 0.1) is 0 Å². The molecule has 0 radical (unpaired) electrons. The molecule has 0 unspecified atom stereocenters. The van der Waals surface area contributed by atoms with E-state index in [4.69, 9.17) is 9.47 Å². The highest BCUT2D eigenvalue weighted by molar-refractivity contribution is 9.09. The molecule has 2 nitrogen and oxygen atoms in total. The van der Waals surface area contributed by atoms with Crippen molar-refractivity contribution in [2.45, 2.75) is 12.8 Å². The van der Waals surface area contributed by atoms with Gasteiger partial charge in [0.25, 0.3) is 0 Å². The molecule has 70 valence electrons. The molecule has 1 heterocycles. The number of hydrogen-bond acceptors (Lipinski definition) is 2. The number of alkyl halides is 1. The largest absolute Gasteiger partial charge is 0.454 e. The summed E-state index contributed by atoms with van der Waals surface area (Å²) in [6, 6.07) is 6.13. The first-order valence-corrected chi connectivity index (χ1v) is 5.47. The van der Waals surface area contributed by atoms with Gasteiger partial charge in [-0.15, -0.1) is 0 Å². The Morgan fingerprint density at radius 3 is 2.92 bits per heavy atom. The summed E-state index contributed by atoms with van der Waals surface area (Å²) in [5, 5.41) is 1.04. The monoisotopic (exact) mass is 242 g/mol. The van der Waals surface area contributed by atoms with Crippen molar-refractivity contribution in [2.24, 2.45) is 0 Å². The first kappa shape index (κ1) is 8.88. The number of halogens is 1. The van der Waals surface area contributed by atoms with Crippen molar-refractivity contribution in [1.29, 1.82) is 0 Å². The van der Waals surface area contributed by atoms with E-state index in [1.807, 2.05) is 6.07 Å². The third-order valence-corrected chi connectivity index (χ3v) is 2.60. The second-order valence-corrected chi connectivity index (χ2v) is 3.77. The Hall–Kier alpha value is -0.700. The zero-order chi connectivity index (χ0) is 9.10. The van der Waals surface area contributed by atoms with Crippen molar-refractivity contribution < 1.29 is 9.47 Å². The molecule has 1 aliphatic rings. The van der Waals surface area contributed by atoms with E-state index in [0.29, 0.717) is 6.79 Å². The second kappa shape index (κ2) is 4.01. The van der Waals surface area contributed by atoms with Gasteiger partial charge >= 0.3 is 0 Å². The lowest BCUT2D eigenvalue weighted by atomic mass is 10.1. The molecule has 0 atom stereocenters. The van der Waals surface area contributed by atoms with Gasteiger partial charge in [0.2, 0.25) is 6.79 Å². The maximum Gasteiger partial charge on any atom is 0.231 e. The molecular formula is C10H11BrO2. The number of fused-ring (bicyclic) bond motifs is 1. The molecule has 0 saturated heterocycles. The molecule has 13 heavy (non-hydrogen) atoms. The topological polar surface area (TPSA) is 18.5 Å². The van der Waals surface area contributed by atoms with Gasteiger partial charge in [-0.05, 0) is 30.5 Å². The van der Waals surface area contributed by atoms with E-state index in [1.54, 1.807) is 0 Å². The van der Waals surface area contributed by atoms with Gasteiger partial charge in [0.15, 0.2) is 11.5 Å². The van der Waals surface area contributed by atoms with Crippen LogP contribution in [0.25, 0.3) is 0 Å². The lowest BCUT2D eigenvalue weighted by Crippen LogP contribution is -1.93. The molecule has 0 fully saturated rings. The van der Waals surface area contributed by atoms with Crippen LogP contribution < -0.4 is 9.47 Å². The molecule has 0 aromatic heterocycles. The summed E-state index contributed by atoms with van der Waals surface area (Å²) < 4.78 is 10.5. The van der Waals surface area contributed by atoms with Gasteiger partial charge in [-0.1, -0.05) is 22.0 Å². The minimum atomic E-state index is 0.358. The highest BCUT2D eigenvalue weighted by Gasteiger charge is 2.12. The lowest BCUT2D eigenvalue weighted by Gasteiger charge is -2.00. The van der Waals surface area contributed by atoms with Gasteiger partial charge in [-0.3, -0.25) is 0 Å². The standard InChI is InChI=1S/C10H11BrO2/c11-5-1-2-8-3-4-9-10(6-8)13-7-12-9/h3-4,6H,1-2,5,7H2. The summed E-state index contributed by atoms with van der Waals surface area (Å²) in [5.74, 6) is 1.75. The van der Waals surface area contributed by atoms with Gasteiger partial charge in [-0.2, -0.15) is 0 Å². The van der Waals surface area contributed by atoms with Crippen LogP contribution in [0.1, 0.15) is 12.0 Å². The van der Waals surface area contributed by atoms with E-state index in [0.717, 1.165) is 29.7 Å². The Morgan fingerprint density at radius 1 is 1.23 bits per heavy atom. The quantitative estimate of drug-likeness (QED) is 0.760. The van der Waals surface area contributed by atoms with Gasteiger partial charge in [-0.25, -0.2) is 0 Å². The van der Waals surface area contributed by atoms with Crippen LogP contribution in [0.3, 0.4) is 0 Å². The Labute approximate surface area is 86.0 Å². The van der Waals surface area contributed by atoms with E-state index in [2.05, 4.69) is 28.1 Å². The zero-order valence-electron chi connectivity index (χ0n) is 7.25. The summed E-state index contributed by atoms with van der Waals surface area (Å²) in [5.41, 5.74) is 1.31. The smallest absolute Gasteiger partial charge is 0.231 e. The third kappa shape index (κ3) is 1.97. The molecule has 3 heteroatoms. The van der Waals surface area contributed by atoms with Gasteiger partial charge in [0.1, 0.15) is 0 Å². The molecule has 1 aromatic carbocycles. The summed E-state index contributed by atoms with van der Waals surface area (Å²) in [7, 11) is 0. The van der Waals surface area contributed by atoms with Crippen molar-refractivity contribution >= 4 is 15.9 Å². The number of hydrogen-bond donors (Lipinski definition) is 0. The first-order valence-electron chi connectivity index (χ1n) is 4.34. The predicted octanol–water partition coefficient (Wildman–Crippen LogP) is 2.74. The zero-order valence-corrected chi connectivity index (χ0v) is 8.84. The summed E-state index contributed by atoms with van der Waals surface area (Å²) in [6.45, 7) is 0.358. The van der Waals surface area contributed by atoms with Crippen LogP contribution in [-0.4, -0.2) is 12.1 Å². The van der Waals surface area contributed by atoms with Crippen LogP contribution in [0.5, 0.6) is 11.5 Å². The number of benzene rings is 1. The number of rotatable bonds is 3. The third-order valence-electron chi connectivity index (χ3n) is 2.04. The molecule has 1 aromatic rings. The lowest BCUT2D eigenvalue weighted by molar-refractivity contribution is 0.174. The summed E-state index contributed by atoms with van der Waals surface area (Å²) in [4.78, 5) is 0. The van der Waals surface area contributed by atoms with Crippen molar-refractivity contribution in [3.63, 3.8) is 0 Å². The normalized spacial score (nSPS) is 13.3. The fourth-order valence-corrected chi connectivity index (χ4v) is 1.65. The van der Waals surface area contributed by atoms with E-state index in [1.165, 1.54) is 5.56 Å². The fourth-order valence-electron chi connectivity index (χ4n) is 1.37. The Kier molecular flexibility index (Phi) is 2.74. The average molecular weight is 243 g/mol. The molecule has 0 N–H and O–H groups in total. The molecular weight excluding hydrogens is 232 g/mol. The molecule has 1 aliphatic heterocycles. The Bertz CT molecular complexity index is 299. The molecule has 0 aliphatic carbocycles. The molecule has 0 saturated carbocycles. The van der Waals surface area contributed by atoms with Crippen molar-refractivity contribution in [1.82, 2.24) is 0 Å². The number of ether oxygens (including phenoxy) is 2. The van der Waals surface area contributed by atoms with Crippen molar-refractivity contribution in [2.75, 3.05) is 12.1 Å². The van der Waals surface area contributed by atoms with E-state index in [9.17, 15) is 0 Å². The highest BCUT2D eigenvalue weighted by Crippen LogP contribution is 2.32. The highest BCUT2D eigenvalue weighted by atomic mass is 79.9. The number of aryl methyl sites for hydroxylation is 1. The van der Waals surface area contributed by atoms with Crippen LogP contribution in [0, 0.1) is 0 Å². The summed E-state index contributed by atoms with van der Waals surface area (Å²) >= 11 is 3.41. The van der Waals surface area contributed by atoms with Crippen molar-refractivity contribution in [3.8, 4) is 11.5 Å². The minimum Gasteiger partial charge on any atom is -0.454 e. The average Bonchev–Trinajstić information content (AvgIpc) is 2.61. The SMILES string of the molecule is BrCCCc1ccc2c(c1)OCO2. The summed E-state index contributed by atoms with van der Waals surface area (Å²) in [6.07, 6.45) is 2.24. The molecule has 0 bridgehead atoms. The minimum absolute atomic E-state index is 0.358. The van der Waals surface area contributed by atoms with Crippen LogP contribution in [0.4, 0.5) is 0 Å². The Morgan fingerprint density at radius 2 is 2.08 bits per heavy atom. The molecule has 0 spiro atoms. The van der Waals surface area contributed by atoms with Crippen LogP contribution in [0.15, 0.2) is 18.2 Å².